The largest absolute Gasteiger partial charge is 0.481 e. The van der Waals surface area contributed by atoms with Crippen molar-refractivity contribution in [1.29, 1.82) is 0 Å². The number of carboxylic acids is 1. The van der Waals surface area contributed by atoms with Gasteiger partial charge in [-0.05, 0) is 44.7 Å². The second-order valence-corrected chi connectivity index (χ2v) is 5.00. The zero-order valence-corrected chi connectivity index (χ0v) is 9.32. The van der Waals surface area contributed by atoms with E-state index >= 15 is 0 Å². The molecule has 2 unspecified atom stereocenters. The first-order valence-electron chi connectivity index (χ1n) is 6.22. The van der Waals surface area contributed by atoms with Gasteiger partial charge in [0.15, 0.2) is 0 Å². The lowest BCUT2D eigenvalue weighted by molar-refractivity contribution is -0.143. The fourth-order valence-corrected chi connectivity index (χ4v) is 3.05. The maximum atomic E-state index is 11.0. The molecule has 0 bridgehead atoms. The van der Waals surface area contributed by atoms with Crippen molar-refractivity contribution < 1.29 is 9.90 Å². The van der Waals surface area contributed by atoms with Crippen molar-refractivity contribution in [2.45, 2.75) is 38.5 Å². The molecule has 2 atom stereocenters. The summed E-state index contributed by atoms with van der Waals surface area (Å²) in [5.74, 6) is -0.220. The second-order valence-electron chi connectivity index (χ2n) is 5.00. The first-order chi connectivity index (χ1) is 7.27. The predicted molar refractivity (Wildman–Crippen MR) is 58.8 cm³/mol. The third-order valence-electron chi connectivity index (χ3n) is 3.92. The second kappa shape index (κ2) is 4.97. The van der Waals surface area contributed by atoms with Crippen molar-refractivity contribution >= 4 is 5.97 Å². The highest BCUT2D eigenvalue weighted by Gasteiger charge is 2.33. The molecule has 1 aliphatic carbocycles. The maximum absolute atomic E-state index is 11.0. The highest BCUT2D eigenvalue weighted by molar-refractivity contribution is 5.70. The van der Waals surface area contributed by atoms with Gasteiger partial charge in [0.25, 0.3) is 0 Å². The monoisotopic (exact) mass is 211 g/mol. The Balaban J connectivity index is 1.84. The van der Waals surface area contributed by atoms with Crippen LogP contribution in [0.2, 0.25) is 0 Å². The van der Waals surface area contributed by atoms with Crippen LogP contribution in [0.4, 0.5) is 0 Å². The van der Waals surface area contributed by atoms with E-state index in [1.54, 1.807) is 0 Å². The maximum Gasteiger partial charge on any atom is 0.306 e. The minimum atomic E-state index is -0.575. The molecule has 1 aliphatic heterocycles. The summed E-state index contributed by atoms with van der Waals surface area (Å²) >= 11 is 0. The van der Waals surface area contributed by atoms with E-state index in [2.05, 4.69) is 4.90 Å². The average Bonchev–Trinajstić information content (AvgIpc) is 2.67. The van der Waals surface area contributed by atoms with Crippen LogP contribution < -0.4 is 0 Å². The van der Waals surface area contributed by atoms with Gasteiger partial charge in [-0.1, -0.05) is 12.8 Å². The number of hydrogen-bond acceptors (Lipinski definition) is 2. The van der Waals surface area contributed by atoms with Crippen LogP contribution in [-0.4, -0.2) is 35.6 Å². The molecule has 1 heterocycles. The summed E-state index contributed by atoms with van der Waals surface area (Å²) in [6, 6.07) is 0. The normalized spacial score (nSPS) is 33.1. The highest BCUT2D eigenvalue weighted by Crippen LogP contribution is 2.32. The van der Waals surface area contributed by atoms with Crippen LogP contribution in [0.5, 0.6) is 0 Å². The fraction of sp³-hybridized carbons (Fsp3) is 0.917. The fourth-order valence-electron chi connectivity index (χ4n) is 3.05. The zero-order valence-electron chi connectivity index (χ0n) is 9.32. The van der Waals surface area contributed by atoms with Gasteiger partial charge in [-0.3, -0.25) is 4.79 Å². The zero-order chi connectivity index (χ0) is 10.7. The molecule has 0 radical (unpaired) electrons. The van der Waals surface area contributed by atoms with Gasteiger partial charge in [-0.2, -0.15) is 0 Å². The Bertz CT molecular complexity index is 224. The van der Waals surface area contributed by atoms with Crippen LogP contribution >= 0.6 is 0 Å². The van der Waals surface area contributed by atoms with E-state index in [0.29, 0.717) is 5.92 Å². The van der Waals surface area contributed by atoms with E-state index in [4.69, 9.17) is 5.11 Å². The number of rotatable bonds is 3. The van der Waals surface area contributed by atoms with Crippen molar-refractivity contribution in [2.24, 2.45) is 11.8 Å². The number of piperidine rings is 1. The molecule has 0 spiro atoms. The van der Waals surface area contributed by atoms with E-state index < -0.39 is 5.97 Å². The number of hydrogen-bond donors (Lipinski definition) is 1. The van der Waals surface area contributed by atoms with Gasteiger partial charge in [0, 0.05) is 6.54 Å². The number of carbonyl (C=O) groups is 1. The third-order valence-corrected chi connectivity index (χ3v) is 3.92. The summed E-state index contributed by atoms with van der Waals surface area (Å²) in [6.07, 6.45) is 7.06. The van der Waals surface area contributed by atoms with E-state index in [0.717, 1.165) is 25.8 Å². The minimum Gasteiger partial charge on any atom is -0.481 e. The Morgan fingerprint density at radius 3 is 2.53 bits per heavy atom. The van der Waals surface area contributed by atoms with Crippen molar-refractivity contribution in [1.82, 2.24) is 4.90 Å². The molecule has 0 amide bonds. The Hall–Kier alpha value is -0.570. The molecule has 1 N–H and O–H groups in total. The molecule has 0 aromatic heterocycles. The van der Waals surface area contributed by atoms with Crippen molar-refractivity contribution in [2.75, 3.05) is 19.6 Å². The first kappa shape index (κ1) is 10.9. The van der Waals surface area contributed by atoms with Crippen LogP contribution in [-0.2, 0) is 4.79 Å². The molecule has 2 rings (SSSR count). The summed E-state index contributed by atoms with van der Waals surface area (Å²) in [4.78, 5) is 13.5. The van der Waals surface area contributed by atoms with E-state index in [-0.39, 0.29) is 5.92 Å². The lowest BCUT2D eigenvalue weighted by Crippen LogP contribution is -2.36. The van der Waals surface area contributed by atoms with Gasteiger partial charge in [0.1, 0.15) is 0 Å². The van der Waals surface area contributed by atoms with Crippen LogP contribution in [0.15, 0.2) is 0 Å². The van der Waals surface area contributed by atoms with E-state index in [1.807, 2.05) is 0 Å². The quantitative estimate of drug-likeness (QED) is 0.776. The van der Waals surface area contributed by atoms with Gasteiger partial charge in [0.2, 0.25) is 0 Å². The van der Waals surface area contributed by atoms with E-state index in [9.17, 15) is 4.79 Å². The molecule has 1 saturated carbocycles. The number of carboxylic acid groups (broad SMARTS) is 1. The van der Waals surface area contributed by atoms with E-state index in [1.165, 1.54) is 32.4 Å². The molecule has 1 saturated heterocycles. The molecule has 0 aromatic rings. The van der Waals surface area contributed by atoms with Crippen molar-refractivity contribution in [3.05, 3.63) is 0 Å². The number of likely N-dealkylation sites (tertiary alicyclic amines) is 1. The Morgan fingerprint density at radius 1 is 1.13 bits per heavy atom. The molecule has 86 valence electrons. The first-order valence-corrected chi connectivity index (χ1v) is 6.22. The number of aliphatic carboxylic acids is 1. The van der Waals surface area contributed by atoms with Gasteiger partial charge in [-0.15, -0.1) is 0 Å². The summed E-state index contributed by atoms with van der Waals surface area (Å²) in [5, 5.41) is 9.09. The molecule has 15 heavy (non-hydrogen) atoms. The number of nitrogens with zero attached hydrogens (tertiary/aromatic N) is 1. The highest BCUT2D eigenvalue weighted by atomic mass is 16.4. The Morgan fingerprint density at radius 2 is 1.87 bits per heavy atom. The molecule has 2 aliphatic rings. The Kier molecular flexibility index (Phi) is 3.62. The van der Waals surface area contributed by atoms with Gasteiger partial charge in [-0.25, -0.2) is 0 Å². The summed E-state index contributed by atoms with van der Waals surface area (Å²) in [6.45, 7) is 3.39. The molecular weight excluding hydrogens is 190 g/mol. The van der Waals surface area contributed by atoms with Gasteiger partial charge in [0.05, 0.1) is 5.92 Å². The topological polar surface area (TPSA) is 40.5 Å². The average molecular weight is 211 g/mol. The van der Waals surface area contributed by atoms with Crippen molar-refractivity contribution in [3.8, 4) is 0 Å². The van der Waals surface area contributed by atoms with Gasteiger partial charge >= 0.3 is 5.97 Å². The smallest absolute Gasteiger partial charge is 0.306 e. The summed E-state index contributed by atoms with van der Waals surface area (Å²) in [5.41, 5.74) is 0. The SMILES string of the molecule is O=C(O)C1CCCC1CN1CCCCC1. The van der Waals surface area contributed by atoms with Crippen LogP contribution in [0.3, 0.4) is 0 Å². The lowest BCUT2D eigenvalue weighted by atomic mass is 9.95. The van der Waals surface area contributed by atoms with Gasteiger partial charge < -0.3 is 10.0 Å². The molecule has 3 nitrogen and oxygen atoms in total. The molecular formula is C12H21NO2. The lowest BCUT2D eigenvalue weighted by Gasteiger charge is -2.30. The molecule has 3 heteroatoms. The molecule has 2 fully saturated rings. The predicted octanol–water partition coefficient (Wildman–Crippen LogP) is 1.97. The van der Waals surface area contributed by atoms with Crippen LogP contribution in [0.25, 0.3) is 0 Å². The van der Waals surface area contributed by atoms with Crippen LogP contribution in [0.1, 0.15) is 38.5 Å². The minimum absolute atomic E-state index is 0.0630. The third kappa shape index (κ3) is 2.71. The van der Waals surface area contributed by atoms with Crippen molar-refractivity contribution in [3.63, 3.8) is 0 Å². The van der Waals surface area contributed by atoms with Crippen LogP contribution in [0, 0.1) is 11.8 Å². The molecule has 0 aromatic carbocycles. The summed E-state index contributed by atoms with van der Waals surface area (Å²) in [7, 11) is 0. The Labute approximate surface area is 91.5 Å². The standard InChI is InChI=1S/C12H21NO2/c14-12(15)11-6-4-5-10(11)9-13-7-2-1-3-8-13/h10-11H,1-9H2,(H,14,15). The summed E-state index contributed by atoms with van der Waals surface area (Å²) < 4.78 is 0.